The molecule has 1 aromatic rings. The molecule has 1 aromatic carbocycles. The number of carbonyl (C=O) groups is 2. The Kier molecular flexibility index (Phi) is 5.03. The van der Waals surface area contributed by atoms with Crippen molar-refractivity contribution in [1.29, 1.82) is 0 Å². The number of thiol groups is 1. The van der Waals surface area contributed by atoms with E-state index in [1.807, 2.05) is 30.3 Å². The van der Waals surface area contributed by atoms with Gasteiger partial charge in [0.2, 0.25) is 5.91 Å². The Morgan fingerprint density at radius 3 is 2.47 bits per heavy atom. The molecule has 1 unspecified atom stereocenters. The van der Waals surface area contributed by atoms with Gasteiger partial charge in [0.25, 0.3) is 0 Å². The fraction of sp³-hybridized carbons (Fsp3) is 0.333. The fourth-order valence-electron chi connectivity index (χ4n) is 1.52. The largest absolute Gasteiger partial charge is 0.480 e. The van der Waals surface area contributed by atoms with Crippen molar-refractivity contribution in [3.05, 3.63) is 35.9 Å². The smallest absolute Gasteiger partial charge is 0.324 e. The first-order valence-electron chi connectivity index (χ1n) is 5.26. The molecule has 4 nitrogen and oxygen atoms in total. The van der Waals surface area contributed by atoms with Crippen molar-refractivity contribution < 1.29 is 14.7 Å². The third-order valence-corrected chi connectivity index (χ3v) is 2.68. The number of nitrogens with zero attached hydrogens (tertiary/aromatic N) is 1. The number of carbonyl (C=O) groups excluding carboxylic acids is 1. The van der Waals surface area contributed by atoms with Crippen molar-refractivity contribution in [2.24, 2.45) is 5.92 Å². The lowest BCUT2D eigenvalue weighted by Gasteiger charge is -2.18. The van der Waals surface area contributed by atoms with Gasteiger partial charge in [0.15, 0.2) is 0 Å². The molecule has 0 aliphatic heterocycles. The van der Waals surface area contributed by atoms with Crippen LogP contribution in [0.1, 0.15) is 12.5 Å². The highest BCUT2D eigenvalue weighted by Crippen LogP contribution is 2.12. The molecule has 0 spiro atoms. The maximum Gasteiger partial charge on any atom is 0.324 e. The molecular weight excluding hydrogens is 238 g/mol. The highest BCUT2D eigenvalue weighted by molar-refractivity contribution is 7.78. The molecule has 5 heteroatoms. The van der Waals surface area contributed by atoms with Gasteiger partial charge in [-0.05, 0) is 12.0 Å². The van der Waals surface area contributed by atoms with Crippen LogP contribution in [0.3, 0.4) is 0 Å². The SMILES string of the molecule is CC(Cc1ccccc1)C(=O)N(S)CC(=O)O. The van der Waals surface area contributed by atoms with Crippen LogP contribution in [0.25, 0.3) is 0 Å². The van der Waals surface area contributed by atoms with Crippen LogP contribution in [-0.4, -0.2) is 27.8 Å². The Morgan fingerprint density at radius 2 is 1.94 bits per heavy atom. The van der Waals surface area contributed by atoms with Crippen molar-refractivity contribution in [2.75, 3.05) is 6.54 Å². The van der Waals surface area contributed by atoms with Gasteiger partial charge >= 0.3 is 5.97 Å². The molecule has 0 aliphatic carbocycles. The van der Waals surface area contributed by atoms with Crippen LogP contribution in [0, 0.1) is 5.92 Å². The summed E-state index contributed by atoms with van der Waals surface area (Å²) in [6, 6.07) is 9.59. The van der Waals surface area contributed by atoms with Crippen molar-refractivity contribution in [3.63, 3.8) is 0 Å². The maximum absolute atomic E-state index is 11.8. The summed E-state index contributed by atoms with van der Waals surface area (Å²) in [5.74, 6) is -1.63. The third-order valence-electron chi connectivity index (χ3n) is 2.35. The molecule has 17 heavy (non-hydrogen) atoms. The molecule has 0 saturated heterocycles. The number of carboxylic acid groups (broad SMARTS) is 1. The van der Waals surface area contributed by atoms with E-state index < -0.39 is 5.97 Å². The molecule has 0 heterocycles. The van der Waals surface area contributed by atoms with E-state index in [9.17, 15) is 9.59 Å². The zero-order chi connectivity index (χ0) is 12.8. The van der Waals surface area contributed by atoms with Crippen LogP contribution in [0.4, 0.5) is 0 Å². The molecule has 1 rings (SSSR count). The van der Waals surface area contributed by atoms with Crippen molar-refractivity contribution in [2.45, 2.75) is 13.3 Å². The molecule has 0 radical (unpaired) electrons. The van der Waals surface area contributed by atoms with Gasteiger partial charge in [0, 0.05) is 5.92 Å². The zero-order valence-electron chi connectivity index (χ0n) is 9.54. The first-order valence-corrected chi connectivity index (χ1v) is 5.66. The summed E-state index contributed by atoms with van der Waals surface area (Å²) in [5.41, 5.74) is 1.05. The Morgan fingerprint density at radius 1 is 1.35 bits per heavy atom. The van der Waals surface area contributed by atoms with Crippen LogP contribution >= 0.6 is 12.8 Å². The topological polar surface area (TPSA) is 57.6 Å². The average molecular weight is 253 g/mol. The van der Waals surface area contributed by atoms with Crippen LogP contribution in [0.2, 0.25) is 0 Å². The summed E-state index contributed by atoms with van der Waals surface area (Å²) >= 11 is 3.87. The van der Waals surface area contributed by atoms with Crippen LogP contribution < -0.4 is 0 Å². The normalized spacial score (nSPS) is 11.9. The number of hydrogen-bond donors (Lipinski definition) is 2. The third kappa shape index (κ3) is 4.48. The Bertz CT molecular complexity index is 394. The van der Waals surface area contributed by atoms with Gasteiger partial charge in [0.05, 0.1) is 0 Å². The predicted molar refractivity (Wildman–Crippen MR) is 67.6 cm³/mol. The molecule has 0 saturated carbocycles. The van der Waals surface area contributed by atoms with Crippen molar-refractivity contribution in [3.8, 4) is 0 Å². The summed E-state index contributed by atoms with van der Waals surface area (Å²) in [6.45, 7) is 1.38. The highest BCUT2D eigenvalue weighted by atomic mass is 32.1. The van der Waals surface area contributed by atoms with Gasteiger partial charge in [-0.15, -0.1) is 0 Å². The summed E-state index contributed by atoms with van der Waals surface area (Å²) in [5, 5.41) is 8.56. The van der Waals surface area contributed by atoms with Crippen molar-refractivity contribution in [1.82, 2.24) is 4.31 Å². The first-order chi connectivity index (χ1) is 8.00. The Balaban J connectivity index is 2.55. The lowest BCUT2D eigenvalue weighted by atomic mass is 10.0. The molecule has 1 N–H and O–H groups in total. The minimum Gasteiger partial charge on any atom is -0.480 e. The maximum atomic E-state index is 11.8. The lowest BCUT2D eigenvalue weighted by Crippen LogP contribution is -2.32. The number of amides is 1. The van der Waals surface area contributed by atoms with Gasteiger partial charge in [-0.1, -0.05) is 50.1 Å². The highest BCUT2D eigenvalue weighted by Gasteiger charge is 2.20. The molecule has 0 bridgehead atoms. The molecule has 92 valence electrons. The molecule has 1 atom stereocenters. The van der Waals surface area contributed by atoms with Crippen molar-refractivity contribution >= 4 is 24.7 Å². The second kappa shape index (κ2) is 6.30. The molecule has 1 amide bonds. The molecular formula is C12H15NO3S. The van der Waals surface area contributed by atoms with Gasteiger partial charge in [0.1, 0.15) is 6.54 Å². The Hall–Kier alpha value is -1.49. The minimum absolute atomic E-state index is 0.278. The Labute approximate surface area is 106 Å². The van der Waals surface area contributed by atoms with Crippen LogP contribution in [0.15, 0.2) is 30.3 Å². The first kappa shape index (κ1) is 13.6. The van der Waals surface area contributed by atoms with Gasteiger partial charge in [-0.25, -0.2) is 0 Å². The quantitative estimate of drug-likeness (QED) is 0.784. The molecule has 0 aliphatic rings. The predicted octanol–water partition coefficient (Wildman–Crippen LogP) is 1.62. The number of hydrogen-bond acceptors (Lipinski definition) is 3. The number of rotatable bonds is 5. The van der Waals surface area contributed by atoms with Gasteiger partial charge in [-0.3, -0.25) is 13.9 Å². The fourth-order valence-corrected chi connectivity index (χ4v) is 1.83. The van der Waals surface area contributed by atoms with E-state index in [1.54, 1.807) is 6.92 Å². The van der Waals surface area contributed by atoms with Crippen LogP contribution in [-0.2, 0) is 16.0 Å². The average Bonchev–Trinajstić information content (AvgIpc) is 2.28. The number of carboxylic acids is 1. The lowest BCUT2D eigenvalue weighted by molar-refractivity contribution is -0.141. The number of benzene rings is 1. The van der Waals surface area contributed by atoms with Gasteiger partial charge < -0.3 is 5.11 Å². The number of aliphatic carboxylic acids is 1. The van der Waals surface area contributed by atoms with E-state index in [4.69, 9.17) is 5.11 Å². The summed E-state index contributed by atoms with van der Waals surface area (Å²) in [4.78, 5) is 22.2. The summed E-state index contributed by atoms with van der Waals surface area (Å²) < 4.78 is 0.940. The second-order valence-corrected chi connectivity index (χ2v) is 4.36. The van der Waals surface area contributed by atoms with E-state index in [0.29, 0.717) is 6.42 Å². The van der Waals surface area contributed by atoms with Crippen LogP contribution in [0.5, 0.6) is 0 Å². The van der Waals surface area contributed by atoms with E-state index >= 15 is 0 Å². The molecule has 0 fully saturated rings. The summed E-state index contributed by atoms with van der Waals surface area (Å²) in [6.07, 6.45) is 0.580. The van der Waals surface area contributed by atoms with Gasteiger partial charge in [-0.2, -0.15) is 0 Å². The summed E-state index contributed by atoms with van der Waals surface area (Å²) in [7, 11) is 0. The minimum atomic E-state index is -1.07. The standard InChI is InChI=1S/C12H15NO3S/c1-9(7-10-5-3-2-4-6-10)12(16)13(17)8-11(14)15/h2-6,9,17H,7-8H2,1H3,(H,14,15). The zero-order valence-corrected chi connectivity index (χ0v) is 10.4. The van der Waals surface area contributed by atoms with E-state index in [-0.39, 0.29) is 18.4 Å². The van der Waals surface area contributed by atoms with E-state index in [1.165, 1.54) is 0 Å². The van der Waals surface area contributed by atoms with E-state index in [2.05, 4.69) is 12.8 Å². The molecule has 0 aromatic heterocycles. The second-order valence-electron chi connectivity index (χ2n) is 3.88. The monoisotopic (exact) mass is 253 g/mol. The van der Waals surface area contributed by atoms with E-state index in [0.717, 1.165) is 9.87 Å².